The number of rotatable bonds is 3. The van der Waals surface area contributed by atoms with Gasteiger partial charge in [0.2, 0.25) is 0 Å². The van der Waals surface area contributed by atoms with Crippen molar-refractivity contribution in [1.29, 1.82) is 0 Å². The van der Waals surface area contributed by atoms with Crippen molar-refractivity contribution in [3.05, 3.63) is 35.1 Å². The maximum atomic E-state index is 13.6. The summed E-state index contributed by atoms with van der Waals surface area (Å²) in [6.07, 6.45) is 0.909. The van der Waals surface area contributed by atoms with E-state index in [1.165, 1.54) is 0 Å². The molecule has 0 saturated heterocycles. The predicted molar refractivity (Wildman–Crippen MR) is 51.0 cm³/mol. The van der Waals surface area contributed by atoms with Crippen LogP contribution in [0.2, 0.25) is 0 Å². The molecule has 1 aromatic rings. The molecule has 0 aliphatic heterocycles. The van der Waals surface area contributed by atoms with Gasteiger partial charge in [0.1, 0.15) is 5.82 Å². The Morgan fingerprint density at radius 1 is 1.46 bits per heavy atom. The Balaban J connectivity index is 3.08. The molecule has 0 radical (unpaired) electrons. The van der Waals surface area contributed by atoms with E-state index >= 15 is 0 Å². The lowest BCUT2D eigenvalue weighted by atomic mass is 9.96. The van der Waals surface area contributed by atoms with Gasteiger partial charge >= 0.3 is 0 Å². The fraction of sp³-hybridized carbons (Fsp3) is 0.455. The Kier molecular flexibility index (Phi) is 3.43. The molecule has 0 amide bonds. The molecule has 0 spiro atoms. The number of hydrogen-bond acceptors (Lipinski definition) is 1. The van der Waals surface area contributed by atoms with E-state index in [1.807, 2.05) is 13.8 Å². The smallest absolute Gasteiger partial charge is 0.132 e. The van der Waals surface area contributed by atoms with Crippen LogP contribution in [0.1, 0.15) is 37.3 Å². The molecule has 72 valence electrons. The topological polar surface area (TPSA) is 20.2 Å². The molecule has 0 aliphatic carbocycles. The van der Waals surface area contributed by atoms with Gasteiger partial charge in [-0.15, -0.1) is 0 Å². The lowest BCUT2D eigenvalue weighted by Gasteiger charge is -2.11. The first-order valence-corrected chi connectivity index (χ1v) is 4.58. The van der Waals surface area contributed by atoms with E-state index in [-0.39, 0.29) is 18.3 Å². The molecular formula is C11H15FO. The zero-order chi connectivity index (χ0) is 9.84. The van der Waals surface area contributed by atoms with Crippen LogP contribution in [0.5, 0.6) is 0 Å². The van der Waals surface area contributed by atoms with Crippen LogP contribution in [0.25, 0.3) is 0 Å². The second-order valence-electron chi connectivity index (χ2n) is 3.29. The van der Waals surface area contributed by atoms with E-state index < -0.39 is 0 Å². The van der Waals surface area contributed by atoms with Crippen molar-refractivity contribution in [3.63, 3.8) is 0 Å². The Hall–Kier alpha value is -0.890. The van der Waals surface area contributed by atoms with Crippen molar-refractivity contribution in [2.75, 3.05) is 0 Å². The third-order valence-corrected chi connectivity index (χ3v) is 2.42. The van der Waals surface area contributed by atoms with Crippen molar-refractivity contribution in [3.8, 4) is 0 Å². The highest BCUT2D eigenvalue weighted by atomic mass is 19.1. The van der Waals surface area contributed by atoms with Gasteiger partial charge in [-0.3, -0.25) is 0 Å². The first-order valence-electron chi connectivity index (χ1n) is 4.58. The first kappa shape index (κ1) is 10.2. The van der Waals surface area contributed by atoms with E-state index in [1.54, 1.807) is 18.2 Å². The van der Waals surface area contributed by atoms with Crippen LogP contribution in [-0.4, -0.2) is 5.11 Å². The van der Waals surface area contributed by atoms with Crippen molar-refractivity contribution in [2.45, 2.75) is 32.8 Å². The second kappa shape index (κ2) is 4.38. The highest BCUT2D eigenvalue weighted by Crippen LogP contribution is 2.23. The van der Waals surface area contributed by atoms with Gasteiger partial charge in [0, 0.05) is 5.56 Å². The third kappa shape index (κ3) is 2.07. The summed E-state index contributed by atoms with van der Waals surface area (Å²) in [5, 5.41) is 8.86. The molecule has 0 saturated carbocycles. The summed E-state index contributed by atoms with van der Waals surface area (Å²) in [5.74, 6) is -0.0363. The summed E-state index contributed by atoms with van der Waals surface area (Å²) in [4.78, 5) is 0. The van der Waals surface area contributed by atoms with Gasteiger partial charge < -0.3 is 5.11 Å². The Morgan fingerprint density at radius 2 is 2.15 bits per heavy atom. The van der Waals surface area contributed by atoms with Gasteiger partial charge in [0.25, 0.3) is 0 Å². The molecule has 0 aromatic heterocycles. The average Bonchev–Trinajstić information content (AvgIpc) is 2.17. The normalized spacial score (nSPS) is 12.9. The predicted octanol–water partition coefficient (Wildman–Crippen LogP) is 2.83. The number of hydrogen-bond donors (Lipinski definition) is 1. The van der Waals surface area contributed by atoms with Crippen molar-refractivity contribution < 1.29 is 9.50 Å². The fourth-order valence-corrected chi connectivity index (χ4v) is 1.32. The van der Waals surface area contributed by atoms with Gasteiger partial charge in [-0.25, -0.2) is 4.39 Å². The summed E-state index contributed by atoms with van der Waals surface area (Å²) in [7, 11) is 0. The minimum atomic E-state index is -0.251. The summed E-state index contributed by atoms with van der Waals surface area (Å²) in [5.41, 5.74) is 1.09. The SMILES string of the molecule is CCC(C)c1cccc(CO)c1F. The highest BCUT2D eigenvalue weighted by molar-refractivity contribution is 5.27. The molecule has 13 heavy (non-hydrogen) atoms. The summed E-state index contributed by atoms with van der Waals surface area (Å²) >= 11 is 0. The molecule has 0 aliphatic rings. The van der Waals surface area contributed by atoms with Gasteiger partial charge in [0.15, 0.2) is 0 Å². The van der Waals surface area contributed by atoms with Crippen LogP contribution < -0.4 is 0 Å². The average molecular weight is 182 g/mol. The standard InChI is InChI=1S/C11H15FO/c1-3-8(2)10-6-4-5-9(7-13)11(10)12/h4-6,8,13H,3,7H2,1-2H3. The molecule has 2 heteroatoms. The Bertz CT molecular complexity index is 283. The van der Waals surface area contributed by atoms with Gasteiger partial charge in [0.05, 0.1) is 6.61 Å². The molecule has 1 unspecified atom stereocenters. The van der Waals surface area contributed by atoms with Crippen LogP contribution in [0.3, 0.4) is 0 Å². The zero-order valence-electron chi connectivity index (χ0n) is 8.05. The highest BCUT2D eigenvalue weighted by Gasteiger charge is 2.11. The van der Waals surface area contributed by atoms with Gasteiger partial charge in [-0.2, -0.15) is 0 Å². The molecule has 1 nitrogen and oxygen atoms in total. The monoisotopic (exact) mass is 182 g/mol. The maximum absolute atomic E-state index is 13.6. The Morgan fingerprint density at radius 3 is 2.69 bits per heavy atom. The fourth-order valence-electron chi connectivity index (χ4n) is 1.32. The largest absolute Gasteiger partial charge is 0.392 e. The zero-order valence-corrected chi connectivity index (χ0v) is 8.05. The lowest BCUT2D eigenvalue weighted by molar-refractivity contribution is 0.275. The first-order chi connectivity index (χ1) is 6.20. The van der Waals surface area contributed by atoms with E-state index in [9.17, 15) is 4.39 Å². The molecule has 1 atom stereocenters. The second-order valence-corrected chi connectivity index (χ2v) is 3.29. The van der Waals surface area contributed by atoms with Crippen LogP contribution >= 0.6 is 0 Å². The van der Waals surface area contributed by atoms with E-state index in [0.29, 0.717) is 11.1 Å². The number of halogens is 1. The molecule has 1 N–H and O–H groups in total. The van der Waals surface area contributed by atoms with Crippen molar-refractivity contribution in [2.24, 2.45) is 0 Å². The summed E-state index contributed by atoms with van der Waals surface area (Å²) in [6.45, 7) is 3.78. The third-order valence-electron chi connectivity index (χ3n) is 2.42. The van der Waals surface area contributed by atoms with E-state index in [4.69, 9.17) is 5.11 Å². The minimum absolute atomic E-state index is 0.214. The number of benzene rings is 1. The van der Waals surface area contributed by atoms with Gasteiger partial charge in [-0.1, -0.05) is 32.0 Å². The quantitative estimate of drug-likeness (QED) is 0.762. The number of aliphatic hydroxyl groups is 1. The van der Waals surface area contributed by atoms with Crippen LogP contribution in [0.4, 0.5) is 4.39 Å². The maximum Gasteiger partial charge on any atom is 0.132 e. The minimum Gasteiger partial charge on any atom is -0.392 e. The van der Waals surface area contributed by atoms with Crippen LogP contribution in [0.15, 0.2) is 18.2 Å². The molecule has 1 rings (SSSR count). The van der Waals surface area contributed by atoms with E-state index in [0.717, 1.165) is 6.42 Å². The van der Waals surface area contributed by atoms with Crippen molar-refractivity contribution in [1.82, 2.24) is 0 Å². The lowest BCUT2D eigenvalue weighted by Crippen LogP contribution is -2.00. The van der Waals surface area contributed by atoms with Crippen LogP contribution in [-0.2, 0) is 6.61 Å². The molecule has 0 heterocycles. The molecule has 0 fully saturated rings. The number of aliphatic hydroxyl groups excluding tert-OH is 1. The van der Waals surface area contributed by atoms with Gasteiger partial charge in [-0.05, 0) is 17.9 Å². The molecule has 1 aromatic carbocycles. The van der Waals surface area contributed by atoms with Crippen LogP contribution in [0, 0.1) is 5.82 Å². The van der Waals surface area contributed by atoms with E-state index in [2.05, 4.69) is 0 Å². The molecular weight excluding hydrogens is 167 g/mol. The van der Waals surface area contributed by atoms with Crippen molar-refractivity contribution >= 4 is 0 Å². The summed E-state index contributed by atoms with van der Waals surface area (Å²) < 4.78 is 13.6. The Labute approximate surface area is 78.2 Å². The molecule has 0 bridgehead atoms. The summed E-state index contributed by atoms with van der Waals surface area (Å²) in [6, 6.07) is 5.18.